The SMILES string of the molecule is CC1CC(=O)NN=C1c1ccc(OCC(C)(C)CCO)c(Cl)c1O. The third-order valence-electron chi connectivity index (χ3n) is 4.02. The Bertz CT molecular complexity index is 658. The molecular weight excluding hydrogens is 332 g/mol. The molecule has 132 valence electrons. The van der Waals surface area contributed by atoms with Crippen molar-refractivity contribution in [3.05, 3.63) is 22.7 Å². The number of ether oxygens (including phenoxy) is 1. The molecule has 0 aromatic heterocycles. The van der Waals surface area contributed by atoms with Crippen molar-refractivity contribution >= 4 is 23.2 Å². The number of aliphatic hydroxyl groups is 1. The minimum atomic E-state index is -0.210. The van der Waals surface area contributed by atoms with Crippen LogP contribution in [-0.4, -0.2) is 35.0 Å². The largest absolute Gasteiger partial charge is 0.506 e. The van der Waals surface area contributed by atoms with E-state index in [0.717, 1.165) is 0 Å². The van der Waals surface area contributed by atoms with Gasteiger partial charge in [0.1, 0.15) is 16.5 Å². The number of aromatic hydroxyl groups is 1. The number of benzene rings is 1. The molecule has 1 aromatic carbocycles. The molecule has 0 spiro atoms. The average molecular weight is 355 g/mol. The van der Waals surface area contributed by atoms with Gasteiger partial charge in [-0.2, -0.15) is 5.10 Å². The van der Waals surface area contributed by atoms with Gasteiger partial charge >= 0.3 is 0 Å². The van der Waals surface area contributed by atoms with Crippen LogP contribution in [0.1, 0.15) is 39.2 Å². The number of phenolic OH excluding ortho intramolecular Hbond substituents is 1. The third-order valence-corrected chi connectivity index (χ3v) is 4.39. The van der Waals surface area contributed by atoms with Gasteiger partial charge in [0.15, 0.2) is 0 Å². The summed E-state index contributed by atoms with van der Waals surface area (Å²) in [6.07, 6.45) is 0.909. The number of nitrogens with zero attached hydrogens (tertiary/aromatic N) is 1. The maximum atomic E-state index is 11.3. The number of hydrogen-bond donors (Lipinski definition) is 3. The number of halogens is 1. The van der Waals surface area contributed by atoms with Crippen molar-refractivity contribution in [3.63, 3.8) is 0 Å². The Balaban J connectivity index is 2.21. The van der Waals surface area contributed by atoms with Crippen LogP contribution in [0.4, 0.5) is 0 Å². The Kier molecular flexibility index (Phi) is 5.72. The first-order valence-corrected chi connectivity index (χ1v) is 8.25. The van der Waals surface area contributed by atoms with E-state index in [-0.39, 0.29) is 34.6 Å². The molecule has 6 nitrogen and oxygen atoms in total. The fourth-order valence-electron chi connectivity index (χ4n) is 2.49. The van der Waals surface area contributed by atoms with Gasteiger partial charge in [-0.15, -0.1) is 0 Å². The average Bonchev–Trinajstić information content (AvgIpc) is 2.50. The highest BCUT2D eigenvalue weighted by Gasteiger charge is 2.26. The van der Waals surface area contributed by atoms with E-state index >= 15 is 0 Å². The van der Waals surface area contributed by atoms with E-state index in [1.54, 1.807) is 12.1 Å². The summed E-state index contributed by atoms with van der Waals surface area (Å²) >= 11 is 6.23. The second kappa shape index (κ2) is 7.40. The zero-order valence-corrected chi connectivity index (χ0v) is 14.9. The molecule has 7 heteroatoms. The first-order valence-electron chi connectivity index (χ1n) is 7.87. The van der Waals surface area contributed by atoms with Crippen LogP contribution in [0.2, 0.25) is 5.02 Å². The minimum absolute atomic E-state index is 0.0811. The molecule has 0 bridgehead atoms. The summed E-state index contributed by atoms with van der Waals surface area (Å²) in [7, 11) is 0. The second-order valence-corrected chi connectivity index (χ2v) is 7.22. The molecule has 0 fully saturated rings. The Labute approximate surface area is 146 Å². The Morgan fingerprint density at radius 2 is 2.17 bits per heavy atom. The predicted octanol–water partition coefficient (Wildman–Crippen LogP) is 2.69. The van der Waals surface area contributed by atoms with E-state index in [2.05, 4.69) is 10.5 Å². The fraction of sp³-hybridized carbons (Fsp3) is 0.529. The molecule has 1 aliphatic rings. The molecule has 1 atom stereocenters. The van der Waals surface area contributed by atoms with Crippen molar-refractivity contribution in [2.75, 3.05) is 13.2 Å². The molecule has 24 heavy (non-hydrogen) atoms. The summed E-state index contributed by atoms with van der Waals surface area (Å²) in [6, 6.07) is 3.36. The maximum absolute atomic E-state index is 11.3. The Hall–Kier alpha value is -1.79. The number of rotatable bonds is 6. The van der Waals surface area contributed by atoms with Gasteiger partial charge in [-0.05, 0) is 18.6 Å². The van der Waals surface area contributed by atoms with Crippen LogP contribution in [0.3, 0.4) is 0 Å². The van der Waals surface area contributed by atoms with Gasteiger partial charge < -0.3 is 14.9 Å². The summed E-state index contributed by atoms with van der Waals surface area (Å²) in [6.45, 7) is 6.27. The summed E-state index contributed by atoms with van der Waals surface area (Å²) in [5.41, 5.74) is 3.28. The summed E-state index contributed by atoms with van der Waals surface area (Å²) in [4.78, 5) is 11.3. The van der Waals surface area contributed by atoms with Gasteiger partial charge in [0, 0.05) is 29.9 Å². The lowest BCUT2D eigenvalue weighted by Crippen LogP contribution is -2.32. The lowest BCUT2D eigenvalue weighted by atomic mass is 9.91. The van der Waals surface area contributed by atoms with E-state index in [9.17, 15) is 9.90 Å². The number of aliphatic hydroxyl groups excluding tert-OH is 1. The highest BCUT2D eigenvalue weighted by atomic mass is 35.5. The second-order valence-electron chi connectivity index (χ2n) is 6.84. The summed E-state index contributed by atoms with van der Waals surface area (Å²) < 4.78 is 5.71. The zero-order valence-electron chi connectivity index (χ0n) is 14.1. The molecule has 3 N–H and O–H groups in total. The van der Waals surface area contributed by atoms with Crippen LogP contribution in [0.15, 0.2) is 17.2 Å². The molecule has 1 amide bonds. The smallest absolute Gasteiger partial charge is 0.240 e. The molecule has 0 aliphatic carbocycles. The van der Waals surface area contributed by atoms with Crippen LogP contribution >= 0.6 is 11.6 Å². The fourth-order valence-corrected chi connectivity index (χ4v) is 2.71. The zero-order chi connectivity index (χ0) is 17.9. The van der Waals surface area contributed by atoms with Crippen LogP contribution in [-0.2, 0) is 4.79 Å². The molecule has 2 rings (SSSR count). The normalized spacial score (nSPS) is 18.1. The van der Waals surface area contributed by atoms with Gasteiger partial charge in [0.05, 0.1) is 12.3 Å². The van der Waals surface area contributed by atoms with Crippen LogP contribution in [0, 0.1) is 11.3 Å². The summed E-state index contributed by atoms with van der Waals surface area (Å²) in [5.74, 6) is -0.00760. The van der Waals surface area contributed by atoms with Gasteiger partial charge in [0.25, 0.3) is 0 Å². The standard InChI is InChI=1S/C17H23ClN2O4/c1-10-8-13(22)19-20-15(10)11-4-5-12(14(18)16(11)23)24-9-17(2,3)6-7-21/h4-5,10,21,23H,6-9H2,1-3H3,(H,19,22). The molecule has 0 saturated carbocycles. The van der Waals surface area contributed by atoms with Crippen molar-refractivity contribution < 1.29 is 19.7 Å². The number of hydrogen-bond acceptors (Lipinski definition) is 5. The molecule has 0 saturated heterocycles. The van der Waals surface area contributed by atoms with Crippen molar-refractivity contribution in [3.8, 4) is 11.5 Å². The van der Waals surface area contributed by atoms with Gasteiger partial charge in [-0.3, -0.25) is 4.79 Å². The third kappa shape index (κ3) is 4.19. The number of carbonyl (C=O) groups is 1. The van der Waals surface area contributed by atoms with Crippen LogP contribution < -0.4 is 10.2 Å². The van der Waals surface area contributed by atoms with Crippen molar-refractivity contribution in [1.82, 2.24) is 5.43 Å². The van der Waals surface area contributed by atoms with Gasteiger partial charge in [-0.25, -0.2) is 5.43 Å². The van der Waals surface area contributed by atoms with Crippen LogP contribution in [0.5, 0.6) is 11.5 Å². The minimum Gasteiger partial charge on any atom is -0.506 e. The van der Waals surface area contributed by atoms with Crippen molar-refractivity contribution in [2.24, 2.45) is 16.4 Å². The first kappa shape index (κ1) is 18.5. The quantitative estimate of drug-likeness (QED) is 0.732. The molecule has 1 aromatic rings. The number of amides is 1. The predicted molar refractivity (Wildman–Crippen MR) is 92.6 cm³/mol. The monoisotopic (exact) mass is 354 g/mol. The van der Waals surface area contributed by atoms with E-state index < -0.39 is 0 Å². The highest BCUT2D eigenvalue weighted by molar-refractivity contribution is 6.34. The van der Waals surface area contributed by atoms with Crippen molar-refractivity contribution in [1.29, 1.82) is 0 Å². The van der Waals surface area contributed by atoms with E-state index in [1.165, 1.54) is 0 Å². The molecule has 0 radical (unpaired) electrons. The number of hydrazone groups is 1. The topological polar surface area (TPSA) is 91.2 Å². The van der Waals surface area contributed by atoms with E-state index in [0.29, 0.717) is 36.5 Å². The molecule has 1 aliphatic heterocycles. The van der Waals surface area contributed by atoms with Gasteiger partial charge in [-0.1, -0.05) is 32.4 Å². The molecule has 1 unspecified atom stereocenters. The highest BCUT2D eigenvalue weighted by Crippen LogP contribution is 2.38. The Morgan fingerprint density at radius 1 is 1.46 bits per heavy atom. The number of phenols is 1. The number of carbonyl (C=O) groups excluding carboxylic acids is 1. The first-order chi connectivity index (χ1) is 11.2. The van der Waals surface area contributed by atoms with E-state index in [1.807, 2.05) is 20.8 Å². The number of nitrogens with one attached hydrogen (secondary N) is 1. The van der Waals surface area contributed by atoms with Gasteiger partial charge in [0.2, 0.25) is 5.91 Å². The van der Waals surface area contributed by atoms with E-state index in [4.69, 9.17) is 21.4 Å². The molecule has 1 heterocycles. The van der Waals surface area contributed by atoms with Crippen LogP contribution in [0.25, 0.3) is 0 Å². The molecular formula is C17H23ClN2O4. The lowest BCUT2D eigenvalue weighted by molar-refractivity contribution is -0.121. The maximum Gasteiger partial charge on any atom is 0.240 e. The summed E-state index contributed by atoms with van der Waals surface area (Å²) in [5, 5.41) is 23.6. The van der Waals surface area contributed by atoms with Crippen molar-refractivity contribution in [2.45, 2.75) is 33.6 Å². The lowest BCUT2D eigenvalue weighted by Gasteiger charge is -2.25. The Morgan fingerprint density at radius 3 is 2.79 bits per heavy atom.